The number of carbonyl (C=O) groups excluding carboxylic acids is 4. The Morgan fingerprint density at radius 1 is 0.895 bits per heavy atom. The Morgan fingerprint density at radius 3 is 2.19 bits per heavy atom. The minimum atomic E-state index is -2.52. The number of hydrogen-bond acceptors (Lipinski definition) is 12. The van der Waals surface area contributed by atoms with Crippen LogP contribution >= 0.6 is 0 Å². The second-order valence-corrected chi connectivity index (χ2v) is 17.4. The number of ether oxygens (including phenoxy) is 5. The van der Waals surface area contributed by atoms with Gasteiger partial charge in [-0.1, -0.05) is 52.0 Å². The van der Waals surface area contributed by atoms with Gasteiger partial charge in [0, 0.05) is 52.0 Å². The Kier molecular flexibility index (Phi) is 17.2. The van der Waals surface area contributed by atoms with Gasteiger partial charge >= 0.3 is 5.97 Å². The Hall–Kier alpha value is -2.78. The zero-order chi connectivity index (χ0) is 42.2. The van der Waals surface area contributed by atoms with E-state index in [1.165, 1.54) is 14.2 Å². The van der Waals surface area contributed by atoms with Crippen molar-refractivity contribution in [3.63, 3.8) is 0 Å². The standard InChI is InChI=1S/C44H69NO12/c1-10-13-31-19-25(2)18-26(3)20-37(54-8)40-38(55-9)22-28(5)44(52,57-40)41(49)42(50)45-17-12-11-14-32(45)43(51)56-39(29(6)34(47)24-35(31)48)27(4)21-30-15-16-33(46)36(23-30)53-7/h10-12,21,25-26,28-34,36-40,46-47,52H,1,13-20,22-24H2,2-9H3. The molecule has 0 aromatic heterocycles. The van der Waals surface area contributed by atoms with Crippen molar-refractivity contribution in [2.24, 2.45) is 35.5 Å². The number of carbonyl (C=O) groups is 4. The zero-order valence-corrected chi connectivity index (χ0v) is 35.3. The van der Waals surface area contributed by atoms with Crippen molar-refractivity contribution >= 4 is 23.4 Å². The number of aliphatic hydroxyl groups is 3. The van der Waals surface area contributed by atoms with E-state index in [1.807, 2.05) is 13.0 Å². The predicted octanol–water partition coefficient (Wildman–Crippen LogP) is 4.49. The van der Waals surface area contributed by atoms with E-state index in [2.05, 4.69) is 20.4 Å². The van der Waals surface area contributed by atoms with Crippen molar-refractivity contribution in [2.45, 2.75) is 153 Å². The van der Waals surface area contributed by atoms with Crippen LogP contribution in [0, 0.1) is 35.5 Å². The molecule has 1 aliphatic carbocycles. The number of hydrogen-bond donors (Lipinski definition) is 3. The highest BCUT2D eigenvalue weighted by Crippen LogP contribution is 2.39. The molecule has 2 saturated heterocycles. The van der Waals surface area contributed by atoms with Crippen LogP contribution < -0.4 is 0 Å². The fourth-order valence-electron chi connectivity index (χ4n) is 9.54. The van der Waals surface area contributed by atoms with Crippen molar-refractivity contribution in [3.05, 3.63) is 36.5 Å². The van der Waals surface area contributed by atoms with E-state index in [0.717, 1.165) is 11.3 Å². The van der Waals surface area contributed by atoms with Crippen LogP contribution in [0.2, 0.25) is 0 Å². The van der Waals surface area contributed by atoms with Crippen LogP contribution in [0.4, 0.5) is 0 Å². The largest absolute Gasteiger partial charge is 0.456 e. The first-order valence-electron chi connectivity index (χ1n) is 20.9. The number of esters is 1. The van der Waals surface area contributed by atoms with Gasteiger partial charge in [0.2, 0.25) is 5.79 Å². The molecule has 322 valence electrons. The Bertz CT molecular complexity index is 1460. The molecule has 4 aliphatic rings. The number of allylic oxidation sites excluding steroid dienone is 2. The summed E-state index contributed by atoms with van der Waals surface area (Å²) in [6, 6.07) is -1.22. The molecule has 57 heavy (non-hydrogen) atoms. The van der Waals surface area contributed by atoms with Gasteiger partial charge in [-0.05, 0) is 88.0 Å². The molecule has 0 spiro atoms. The molecular weight excluding hydrogens is 734 g/mol. The molecule has 15 unspecified atom stereocenters. The van der Waals surface area contributed by atoms with Crippen LogP contribution in [0.25, 0.3) is 0 Å². The number of rotatable bonds is 7. The van der Waals surface area contributed by atoms with Gasteiger partial charge < -0.3 is 43.9 Å². The van der Waals surface area contributed by atoms with Crippen molar-refractivity contribution in [2.75, 3.05) is 27.9 Å². The number of nitrogens with zero attached hydrogens (tertiary/aromatic N) is 1. The van der Waals surface area contributed by atoms with Gasteiger partial charge in [-0.2, -0.15) is 0 Å². The van der Waals surface area contributed by atoms with Gasteiger partial charge in [0.15, 0.2) is 0 Å². The maximum Gasteiger partial charge on any atom is 0.329 e. The number of Topliss-reactive ketones (excluding diaryl/α,β-unsaturated/α-hetero) is 2. The maximum atomic E-state index is 14.3. The average molecular weight is 804 g/mol. The third-order valence-corrected chi connectivity index (χ3v) is 13.0. The van der Waals surface area contributed by atoms with Gasteiger partial charge in [-0.15, -0.1) is 6.58 Å². The highest BCUT2D eigenvalue weighted by Gasteiger charge is 2.56. The van der Waals surface area contributed by atoms with E-state index in [1.54, 1.807) is 39.2 Å². The third-order valence-electron chi connectivity index (χ3n) is 13.0. The molecule has 0 radical (unpaired) electrons. The van der Waals surface area contributed by atoms with E-state index < -0.39 is 77.9 Å². The Morgan fingerprint density at radius 2 is 1.54 bits per heavy atom. The Balaban J connectivity index is 1.76. The molecule has 15 atom stereocenters. The number of methoxy groups -OCH3 is 3. The molecule has 3 N–H and O–H groups in total. The molecule has 2 bridgehead atoms. The fourth-order valence-corrected chi connectivity index (χ4v) is 9.54. The van der Waals surface area contributed by atoms with Crippen LogP contribution in [0.3, 0.4) is 0 Å². The predicted molar refractivity (Wildman–Crippen MR) is 213 cm³/mol. The summed E-state index contributed by atoms with van der Waals surface area (Å²) in [6.45, 7) is 13.1. The lowest BCUT2D eigenvalue weighted by atomic mass is 9.79. The van der Waals surface area contributed by atoms with E-state index in [4.69, 9.17) is 23.7 Å². The molecule has 13 nitrogen and oxygen atoms in total. The first-order chi connectivity index (χ1) is 27.0. The summed E-state index contributed by atoms with van der Waals surface area (Å²) in [5, 5.41) is 34.1. The van der Waals surface area contributed by atoms with Gasteiger partial charge in [-0.25, -0.2) is 4.79 Å². The van der Waals surface area contributed by atoms with Gasteiger partial charge in [0.25, 0.3) is 11.7 Å². The molecule has 13 heteroatoms. The van der Waals surface area contributed by atoms with Crippen LogP contribution in [0.1, 0.15) is 98.8 Å². The summed E-state index contributed by atoms with van der Waals surface area (Å²) in [7, 11) is 4.62. The fraction of sp³-hybridized carbons (Fsp3) is 0.773. The minimum absolute atomic E-state index is 0.0141. The summed E-state index contributed by atoms with van der Waals surface area (Å²) in [4.78, 5) is 57.7. The van der Waals surface area contributed by atoms with E-state index in [0.29, 0.717) is 44.1 Å². The zero-order valence-electron chi connectivity index (χ0n) is 35.3. The van der Waals surface area contributed by atoms with Gasteiger partial charge in [0.1, 0.15) is 24.0 Å². The van der Waals surface area contributed by atoms with Crippen molar-refractivity contribution < 1.29 is 58.2 Å². The van der Waals surface area contributed by atoms with Crippen LogP contribution in [0.15, 0.2) is 36.5 Å². The first kappa shape index (κ1) is 46.9. The highest BCUT2D eigenvalue weighted by molar-refractivity contribution is 6.39. The molecular formula is C44H69NO12. The van der Waals surface area contributed by atoms with Gasteiger partial charge in [-0.3, -0.25) is 14.4 Å². The van der Waals surface area contributed by atoms with E-state index >= 15 is 0 Å². The summed E-state index contributed by atoms with van der Waals surface area (Å²) in [6.07, 6.45) is 6.00. The number of cyclic esters (lactones) is 1. The molecule has 1 amide bonds. The molecule has 3 fully saturated rings. The number of ketones is 2. The molecule has 0 aromatic carbocycles. The summed E-state index contributed by atoms with van der Waals surface area (Å²) < 4.78 is 29.7. The SMILES string of the molecule is C=CCC1CC(C)CC(C)CC(OC)C2OC(O)(C(=O)C(=O)N3CC=CCC3C(=O)OC(C(C)=CC3CCC(O)C(OC)C3)C(C)C(O)CC1=O)C(C)CC2OC. The van der Waals surface area contributed by atoms with Crippen LogP contribution in [-0.4, -0.2) is 126 Å². The first-order valence-corrected chi connectivity index (χ1v) is 20.9. The summed E-state index contributed by atoms with van der Waals surface area (Å²) in [5.74, 6) is -7.51. The van der Waals surface area contributed by atoms with E-state index in [9.17, 15) is 34.5 Å². The smallest absolute Gasteiger partial charge is 0.329 e. The minimum Gasteiger partial charge on any atom is -0.456 e. The average Bonchev–Trinajstić information content (AvgIpc) is 3.18. The Labute approximate surface area is 339 Å². The molecule has 3 heterocycles. The van der Waals surface area contributed by atoms with Crippen LogP contribution in [0.5, 0.6) is 0 Å². The van der Waals surface area contributed by atoms with Crippen molar-refractivity contribution in [3.8, 4) is 0 Å². The summed E-state index contributed by atoms with van der Waals surface area (Å²) >= 11 is 0. The van der Waals surface area contributed by atoms with Gasteiger partial charge in [0.05, 0.1) is 30.5 Å². The second kappa shape index (κ2) is 21.0. The normalized spacial score (nSPS) is 41.2. The second-order valence-electron chi connectivity index (χ2n) is 17.4. The summed E-state index contributed by atoms with van der Waals surface area (Å²) in [5.41, 5.74) is 0.646. The molecule has 1 saturated carbocycles. The molecule has 0 aromatic rings. The third kappa shape index (κ3) is 11.3. The van der Waals surface area contributed by atoms with Crippen LogP contribution in [-0.2, 0) is 42.9 Å². The van der Waals surface area contributed by atoms with E-state index in [-0.39, 0.29) is 61.4 Å². The monoisotopic (exact) mass is 803 g/mol. The van der Waals surface area contributed by atoms with Crippen molar-refractivity contribution in [1.82, 2.24) is 4.90 Å². The topological polar surface area (TPSA) is 178 Å². The highest BCUT2D eigenvalue weighted by atomic mass is 16.7. The number of fused-ring (bicyclic) bond motifs is 3. The lowest BCUT2D eigenvalue weighted by molar-refractivity contribution is -0.302. The molecule has 4 rings (SSSR count). The lowest BCUT2D eigenvalue weighted by Gasteiger charge is -2.47. The maximum absolute atomic E-state index is 14.3. The lowest BCUT2D eigenvalue weighted by Crippen LogP contribution is -2.64. The van der Waals surface area contributed by atoms with Crippen molar-refractivity contribution in [1.29, 1.82) is 0 Å². The number of aliphatic hydroxyl groups excluding tert-OH is 2. The number of amides is 1. The molecule has 3 aliphatic heterocycles. The quantitative estimate of drug-likeness (QED) is 0.187.